The molecule has 0 aromatic carbocycles. The average Bonchev–Trinajstić information content (AvgIpc) is 2.72. The molecular weight excluding hydrogens is 170 g/mol. The summed E-state index contributed by atoms with van der Waals surface area (Å²) < 4.78 is 5.13. The number of carbonyl (C=O) groups is 1. The smallest absolute Gasteiger partial charge is 0.190 e. The summed E-state index contributed by atoms with van der Waals surface area (Å²) in [6.45, 7) is 1.20. The fourth-order valence-electron chi connectivity index (χ4n) is 1.41. The van der Waals surface area contributed by atoms with Gasteiger partial charge in [-0.2, -0.15) is 15.0 Å². The number of ketones is 1. The number of Topliss-reactive ketones (excluding diaryl/α,β-unsaturated/α-hetero) is 1. The van der Waals surface area contributed by atoms with E-state index in [1.54, 1.807) is 7.05 Å². The topological polar surface area (TPSA) is 57.0 Å². The summed E-state index contributed by atoms with van der Waals surface area (Å²) in [5, 5.41) is 7.81. The second-order valence-electron chi connectivity index (χ2n) is 3.14. The number of hydrogen-bond acceptors (Lipinski definition) is 4. The van der Waals surface area contributed by atoms with E-state index in [1.807, 2.05) is 0 Å². The molecule has 1 aliphatic rings. The van der Waals surface area contributed by atoms with E-state index < -0.39 is 0 Å². The van der Waals surface area contributed by atoms with Crippen LogP contribution in [0.4, 0.5) is 0 Å². The summed E-state index contributed by atoms with van der Waals surface area (Å²) in [5.74, 6) is 0.0299. The van der Waals surface area contributed by atoms with E-state index in [0.717, 1.165) is 6.42 Å². The molecule has 1 fully saturated rings. The molecular formula is C8H11N3O2. The predicted molar refractivity (Wildman–Crippen MR) is 44.3 cm³/mol. The maximum Gasteiger partial charge on any atom is 0.190 e. The van der Waals surface area contributed by atoms with Gasteiger partial charge in [-0.3, -0.25) is 4.79 Å². The number of aryl methyl sites for hydroxylation is 1. The van der Waals surface area contributed by atoms with Crippen LogP contribution in [-0.2, 0) is 11.8 Å². The van der Waals surface area contributed by atoms with E-state index >= 15 is 0 Å². The Morgan fingerprint density at radius 1 is 1.77 bits per heavy atom. The first-order valence-electron chi connectivity index (χ1n) is 4.25. The third-order valence-corrected chi connectivity index (χ3v) is 2.15. The van der Waals surface area contributed by atoms with E-state index in [4.69, 9.17) is 4.74 Å². The normalized spacial score (nSPS) is 22.1. The lowest BCUT2D eigenvalue weighted by molar-refractivity contribution is 0.0894. The van der Waals surface area contributed by atoms with Crippen LogP contribution in [0.25, 0.3) is 0 Å². The summed E-state index contributed by atoms with van der Waals surface area (Å²) >= 11 is 0. The monoisotopic (exact) mass is 181 g/mol. The van der Waals surface area contributed by atoms with E-state index in [0.29, 0.717) is 18.9 Å². The Morgan fingerprint density at radius 2 is 2.62 bits per heavy atom. The molecule has 5 nitrogen and oxygen atoms in total. The molecule has 0 saturated carbocycles. The van der Waals surface area contributed by atoms with Gasteiger partial charge in [0.1, 0.15) is 5.69 Å². The second kappa shape index (κ2) is 3.26. The van der Waals surface area contributed by atoms with E-state index in [-0.39, 0.29) is 11.7 Å². The molecule has 5 heteroatoms. The second-order valence-corrected chi connectivity index (χ2v) is 3.14. The molecule has 1 unspecified atom stereocenters. The van der Waals surface area contributed by atoms with Crippen molar-refractivity contribution in [1.82, 2.24) is 15.0 Å². The van der Waals surface area contributed by atoms with E-state index in [9.17, 15) is 4.79 Å². The van der Waals surface area contributed by atoms with Gasteiger partial charge < -0.3 is 4.74 Å². The van der Waals surface area contributed by atoms with Gasteiger partial charge in [0.05, 0.1) is 12.8 Å². The van der Waals surface area contributed by atoms with Gasteiger partial charge in [-0.1, -0.05) is 0 Å². The Hall–Kier alpha value is -1.23. The van der Waals surface area contributed by atoms with Gasteiger partial charge in [-0.05, 0) is 6.42 Å². The van der Waals surface area contributed by atoms with Crippen molar-refractivity contribution >= 4 is 5.78 Å². The highest BCUT2D eigenvalue weighted by atomic mass is 16.5. The lowest BCUT2D eigenvalue weighted by Gasteiger charge is -2.01. The van der Waals surface area contributed by atoms with Crippen LogP contribution in [0.3, 0.4) is 0 Å². The van der Waals surface area contributed by atoms with Gasteiger partial charge in [0.2, 0.25) is 0 Å². The zero-order valence-corrected chi connectivity index (χ0v) is 7.43. The first kappa shape index (κ1) is 8.37. The molecule has 1 saturated heterocycles. The number of carbonyl (C=O) groups excluding carboxylic acids is 1. The number of nitrogens with zero attached hydrogens (tertiary/aromatic N) is 3. The highest BCUT2D eigenvalue weighted by Gasteiger charge is 2.26. The molecule has 0 aliphatic carbocycles. The molecule has 1 aromatic heterocycles. The van der Waals surface area contributed by atoms with Gasteiger partial charge >= 0.3 is 0 Å². The van der Waals surface area contributed by atoms with Crippen molar-refractivity contribution in [2.45, 2.75) is 6.42 Å². The van der Waals surface area contributed by atoms with Crippen molar-refractivity contribution in [1.29, 1.82) is 0 Å². The summed E-state index contributed by atoms with van der Waals surface area (Å²) in [7, 11) is 1.70. The van der Waals surface area contributed by atoms with Crippen LogP contribution in [0.2, 0.25) is 0 Å². The zero-order chi connectivity index (χ0) is 9.26. The van der Waals surface area contributed by atoms with Gasteiger partial charge in [-0.25, -0.2) is 0 Å². The molecule has 1 atom stereocenters. The van der Waals surface area contributed by atoms with Crippen LogP contribution < -0.4 is 0 Å². The van der Waals surface area contributed by atoms with Gasteiger partial charge in [-0.15, -0.1) is 0 Å². The van der Waals surface area contributed by atoms with Crippen molar-refractivity contribution in [2.24, 2.45) is 13.0 Å². The van der Waals surface area contributed by atoms with Crippen molar-refractivity contribution in [3.63, 3.8) is 0 Å². The molecule has 0 spiro atoms. The van der Waals surface area contributed by atoms with Crippen molar-refractivity contribution in [3.05, 3.63) is 11.9 Å². The Labute approximate surface area is 75.7 Å². The molecule has 70 valence electrons. The molecule has 1 aliphatic heterocycles. The SMILES string of the molecule is Cn1ncc(C(=O)C2CCOC2)n1. The van der Waals surface area contributed by atoms with Crippen molar-refractivity contribution in [3.8, 4) is 0 Å². The Balaban J connectivity index is 2.12. The molecule has 0 N–H and O–H groups in total. The number of rotatable bonds is 2. The quantitative estimate of drug-likeness (QED) is 0.604. The molecule has 0 radical (unpaired) electrons. The lowest BCUT2D eigenvalue weighted by Crippen LogP contribution is -2.15. The number of ether oxygens (including phenoxy) is 1. The van der Waals surface area contributed by atoms with E-state index in [1.165, 1.54) is 11.0 Å². The third kappa shape index (κ3) is 1.60. The number of aromatic nitrogens is 3. The molecule has 1 aromatic rings. The highest BCUT2D eigenvalue weighted by molar-refractivity contribution is 5.95. The maximum atomic E-state index is 11.7. The summed E-state index contributed by atoms with van der Waals surface area (Å²) in [6, 6.07) is 0. The number of hydrogen-bond donors (Lipinski definition) is 0. The lowest BCUT2D eigenvalue weighted by atomic mass is 10.0. The zero-order valence-electron chi connectivity index (χ0n) is 7.43. The highest BCUT2D eigenvalue weighted by Crippen LogP contribution is 2.16. The minimum Gasteiger partial charge on any atom is -0.381 e. The molecule has 0 amide bonds. The first-order chi connectivity index (χ1) is 6.27. The summed E-state index contributed by atoms with van der Waals surface area (Å²) in [6.07, 6.45) is 2.30. The standard InChI is InChI=1S/C8H11N3O2/c1-11-9-4-7(10-11)8(12)6-2-3-13-5-6/h4,6H,2-3,5H2,1H3. The minimum absolute atomic E-state index is 0.0169. The Morgan fingerprint density at radius 3 is 3.15 bits per heavy atom. The first-order valence-corrected chi connectivity index (χ1v) is 4.25. The largest absolute Gasteiger partial charge is 0.381 e. The van der Waals surface area contributed by atoms with Crippen LogP contribution in [0, 0.1) is 5.92 Å². The van der Waals surface area contributed by atoms with Crippen LogP contribution in [-0.4, -0.2) is 34.0 Å². The molecule has 2 heterocycles. The molecule has 2 rings (SSSR count). The summed E-state index contributed by atoms with van der Waals surface area (Å²) in [5.41, 5.74) is 0.443. The van der Waals surface area contributed by atoms with E-state index in [2.05, 4.69) is 10.2 Å². The third-order valence-electron chi connectivity index (χ3n) is 2.15. The Bertz CT molecular complexity index is 315. The van der Waals surface area contributed by atoms with Crippen molar-refractivity contribution in [2.75, 3.05) is 13.2 Å². The van der Waals surface area contributed by atoms with Crippen LogP contribution in [0.1, 0.15) is 16.9 Å². The summed E-state index contributed by atoms with van der Waals surface area (Å²) in [4.78, 5) is 13.1. The fraction of sp³-hybridized carbons (Fsp3) is 0.625. The fourth-order valence-corrected chi connectivity index (χ4v) is 1.41. The van der Waals surface area contributed by atoms with Crippen LogP contribution in [0.5, 0.6) is 0 Å². The van der Waals surface area contributed by atoms with Crippen molar-refractivity contribution < 1.29 is 9.53 Å². The van der Waals surface area contributed by atoms with Crippen LogP contribution >= 0.6 is 0 Å². The van der Waals surface area contributed by atoms with Crippen LogP contribution in [0.15, 0.2) is 6.20 Å². The molecule has 13 heavy (non-hydrogen) atoms. The Kier molecular flexibility index (Phi) is 2.10. The molecule has 0 bridgehead atoms. The van der Waals surface area contributed by atoms with Gasteiger partial charge in [0.15, 0.2) is 5.78 Å². The van der Waals surface area contributed by atoms with Gasteiger partial charge in [0, 0.05) is 19.6 Å². The predicted octanol–water partition coefficient (Wildman–Crippen LogP) is 0.0343. The average molecular weight is 181 g/mol. The minimum atomic E-state index is -0.0169. The van der Waals surface area contributed by atoms with Gasteiger partial charge in [0.25, 0.3) is 0 Å². The maximum absolute atomic E-state index is 11.7.